The molecule has 0 unspecified atom stereocenters. The van der Waals surface area contributed by atoms with Gasteiger partial charge in [0, 0.05) is 16.1 Å². The zero-order valence-corrected chi connectivity index (χ0v) is 16.4. The number of ketones is 2. The number of carbonyl (C=O) groups is 2. The van der Waals surface area contributed by atoms with Gasteiger partial charge < -0.3 is 10.2 Å². The molecule has 29 heavy (non-hydrogen) atoms. The Morgan fingerprint density at radius 1 is 0.759 bits per heavy atom. The van der Waals surface area contributed by atoms with E-state index in [4.69, 9.17) is 11.6 Å². The van der Waals surface area contributed by atoms with E-state index in [1.807, 2.05) is 12.1 Å². The van der Waals surface area contributed by atoms with Crippen LogP contribution in [0.2, 0.25) is 5.02 Å². The van der Waals surface area contributed by atoms with Crippen molar-refractivity contribution in [1.29, 1.82) is 0 Å². The van der Waals surface area contributed by atoms with E-state index in [0.29, 0.717) is 10.6 Å². The third-order valence-corrected chi connectivity index (χ3v) is 5.58. The molecular weight excluding hydrogens is 388 g/mol. The smallest absolute Gasteiger partial charge is 0.197 e. The molecule has 0 aromatic heterocycles. The number of aryl methyl sites for hydroxylation is 1. The van der Waals surface area contributed by atoms with Crippen LogP contribution in [0.15, 0.2) is 54.6 Å². The highest BCUT2D eigenvalue weighted by Crippen LogP contribution is 2.30. The van der Waals surface area contributed by atoms with Crippen LogP contribution < -0.4 is 0 Å². The van der Waals surface area contributed by atoms with Crippen LogP contribution in [0, 0.1) is 0 Å². The summed E-state index contributed by atoms with van der Waals surface area (Å²) in [6.07, 6.45) is 3.89. The largest absolute Gasteiger partial charge is 0.507 e. The molecule has 3 aromatic rings. The SMILES string of the molecule is O=C(c1ccc(O)c(C(=O)c2cccc3c2CCCC3)c1)c1cc(Cl)ccc1O. The van der Waals surface area contributed by atoms with Crippen LogP contribution in [-0.2, 0) is 12.8 Å². The van der Waals surface area contributed by atoms with Gasteiger partial charge in [0.15, 0.2) is 11.6 Å². The van der Waals surface area contributed by atoms with Crippen LogP contribution in [0.5, 0.6) is 11.5 Å². The van der Waals surface area contributed by atoms with Crippen LogP contribution in [0.1, 0.15) is 55.8 Å². The Morgan fingerprint density at radius 3 is 2.24 bits per heavy atom. The molecule has 0 amide bonds. The van der Waals surface area contributed by atoms with Crippen LogP contribution in [-0.4, -0.2) is 21.8 Å². The van der Waals surface area contributed by atoms with E-state index < -0.39 is 5.78 Å². The van der Waals surface area contributed by atoms with Gasteiger partial charge in [0.25, 0.3) is 0 Å². The number of benzene rings is 3. The molecule has 0 radical (unpaired) electrons. The molecule has 146 valence electrons. The summed E-state index contributed by atoms with van der Waals surface area (Å²) >= 11 is 5.95. The molecule has 0 heterocycles. The van der Waals surface area contributed by atoms with Crippen molar-refractivity contribution in [3.63, 3.8) is 0 Å². The Kier molecular flexibility index (Phi) is 5.12. The summed E-state index contributed by atoms with van der Waals surface area (Å²) in [7, 11) is 0. The summed E-state index contributed by atoms with van der Waals surface area (Å²) in [6, 6.07) is 14.0. The lowest BCUT2D eigenvalue weighted by Crippen LogP contribution is -2.12. The Balaban J connectivity index is 1.76. The normalized spacial score (nSPS) is 13.0. The molecule has 1 aliphatic rings. The van der Waals surface area contributed by atoms with Crippen LogP contribution in [0.3, 0.4) is 0 Å². The molecule has 0 saturated heterocycles. The zero-order valence-electron chi connectivity index (χ0n) is 15.6. The number of phenolic OH excluding ortho intramolecular Hbond substituents is 2. The van der Waals surface area contributed by atoms with Crippen LogP contribution >= 0.6 is 11.6 Å². The van der Waals surface area contributed by atoms with Gasteiger partial charge in [-0.25, -0.2) is 0 Å². The summed E-state index contributed by atoms with van der Waals surface area (Å²) in [5.41, 5.74) is 3.04. The van der Waals surface area contributed by atoms with Crippen molar-refractivity contribution in [3.05, 3.63) is 93.0 Å². The fourth-order valence-corrected chi connectivity index (χ4v) is 4.02. The number of aromatic hydroxyl groups is 2. The number of hydrogen-bond donors (Lipinski definition) is 2. The fraction of sp³-hybridized carbons (Fsp3) is 0.167. The quantitative estimate of drug-likeness (QED) is 0.591. The molecule has 4 rings (SSSR count). The molecule has 5 heteroatoms. The van der Waals surface area contributed by atoms with Gasteiger partial charge >= 0.3 is 0 Å². The molecular formula is C24H19ClO4. The molecule has 0 fully saturated rings. The van der Waals surface area contributed by atoms with Crippen molar-refractivity contribution < 1.29 is 19.8 Å². The molecule has 2 N–H and O–H groups in total. The molecule has 0 atom stereocenters. The molecule has 0 saturated carbocycles. The predicted molar refractivity (Wildman–Crippen MR) is 111 cm³/mol. The maximum Gasteiger partial charge on any atom is 0.197 e. The summed E-state index contributed by atoms with van der Waals surface area (Å²) in [4.78, 5) is 26.1. The Hall–Kier alpha value is -3.11. The average Bonchev–Trinajstić information content (AvgIpc) is 2.74. The van der Waals surface area contributed by atoms with E-state index in [1.165, 1.54) is 36.4 Å². The lowest BCUT2D eigenvalue weighted by atomic mass is 9.85. The van der Waals surface area contributed by atoms with Gasteiger partial charge in [-0.15, -0.1) is 0 Å². The number of rotatable bonds is 4. The second-order valence-corrected chi connectivity index (χ2v) is 7.64. The molecule has 3 aromatic carbocycles. The average molecular weight is 407 g/mol. The van der Waals surface area contributed by atoms with E-state index in [9.17, 15) is 19.8 Å². The van der Waals surface area contributed by atoms with Gasteiger partial charge in [-0.3, -0.25) is 9.59 Å². The maximum atomic E-state index is 13.2. The highest BCUT2D eigenvalue weighted by molar-refractivity contribution is 6.31. The van der Waals surface area contributed by atoms with Gasteiger partial charge in [0.1, 0.15) is 11.5 Å². The Morgan fingerprint density at radius 2 is 1.45 bits per heavy atom. The third-order valence-electron chi connectivity index (χ3n) is 5.35. The minimum Gasteiger partial charge on any atom is -0.507 e. The number of halogens is 1. The van der Waals surface area contributed by atoms with E-state index in [0.717, 1.165) is 36.8 Å². The third kappa shape index (κ3) is 3.64. The molecule has 0 spiro atoms. The van der Waals surface area contributed by atoms with Gasteiger partial charge in [0.05, 0.1) is 11.1 Å². The van der Waals surface area contributed by atoms with E-state index in [2.05, 4.69) is 0 Å². The van der Waals surface area contributed by atoms with Crippen LogP contribution in [0.4, 0.5) is 0 Å². The summed E-state index contributed by atoms with van der Waals surface area (Å²) in [5.74, 6) is -1.17. The summed E-state index contributed by atoms with van der Waals surface area (Å²) < 4.78 is 0. The lowest BCUT2D eigenvalue weighted by molar-refractivity contribution is 0.103. The number of hydrogen-bond acceptors (Lipinski definition) is 4. The molecule has 0 bridgehead atoms. The summed E-state index contributed by atoms with van der Waals surface area (Å²) in [5, 5.41) is 20.7. The van der Waals surface area contributed by atoms with Crippen molar-refractivity contribution in [2.75, 3.05) is 0 Å². The monoisotopic (exact) mass is 406 g/mol. The van der Waals surface area contributed by atoms with Gasteiger partial charge in [-0.1, -0.05) is 29.8 Å². The first-order valence-electron chi connectivity index (χ1n) is 9.47. The van der Waals surface area contributed by atoms with Crippen molar-refractivity contribution in [2.24, 2.45) is 0 Å². The summed E-state index contributed by atoms with van der Waals surface area (Å²) in [6.45, 7) is 0. The first kappa shape index (κ1) is 19.2. The minimum atomic E-state index is -0.478. The van der Waals surface area contributed by atoms with Crippen LogP contribution in [0.25, 0.3) is 0 Å². The molecule has 4 nitrogen and oxygen atoms in total. The number of carbonyl (C=O) groups excluding carboxylic acids is 2. The van der Waals surface area contributed by atoms with Crippen molar-refractivity contribution in [3.8, 4) is 11.5 Å². The number of fused-ring (bicyclic) bond motifs is 1. The minimum absolute atomic E-state index is 0.0404. The lowest BCUT2D eigenvalue weighted by Gasteiger charge is -2.19. The second kappa shape index (κ2) is 7.72. The fourth-order valence-electron chi connectivity index (χ4n) is 3.84. The van der Waals surface area contributed by atoms with E-state index in [-0.39, 0.29) is 34.0 Å². The maximum absolute atomic E-state index is 13.2. The van der Waals surface area contributed by atoms with Crippen molar-refractivity contribution >= 4 is 23.2 Å². The topological polar surface area (TPSA) is 74.6 Å². The number of phenols is 2. The van der Waals surface area contributed by atoms with Gasteiger partial charge in [0.2, 0.25) is 0 Å². The highest BCUT2D eigenvalue weighted by Gasteiger charge is 2.23. The first-order valence-corrected chi connectivity index (χ1v) is 9.85. The van der Waals surface area contributed by atoms with Gasteiger partial charge in [-0.05, 0) is 73.2 Å². The predicted octanol–water partition coefficient (Wildman–Crippen LogP) is 5.09. The second-order valence-electron chi connectivity index (χ2n) is 7.20. The van der Waals surface area contributed by atoms with E-state index >= 15 is 0 Å². The van der Waals surface area contributed by atoms with Gasteiger partial charge in [-0.2, -0.15) is 0 Å². The first-order chi connectivity index (χ1) is 14.0. The Labute approximate surface area is 173 Å². The zero-order chi connectivity index (χ0) is 20.5. The van der Waals surface area contributed by atoms with E-state index in [1.54, 1.807) is 6.07 Å². The highest BCUT2D eigenvalue weighted by atomic mass is 35.5. The standard InChI is InChI=1S/C24H19ClO4/c25-16-9-11-22(27)20(13-16)23(28)15-8-10-21(26)19(12-15)24(29)18-7-3-5-14-4-1-2-6-17(14)18/h3,5,7-13,26-27H,1-2,4,6H2. The van der Waals surface area contributed by atoms with Crippen molar-refractivity contribution in [1.82, 2.24) is 0 Å². The molecule has 0 aliphatic heterocycles. The van der Waals surface area contributed by atoms with Crippen molar-refractivity contribution in [2.45, 2.75) is 25.7 Å². The molecule has 1 aliphatic carbocycles. The Bertz CT molecular complexity index is 1130.